The van der Waals surface area contributed by atoms with Gasteiger partial charge in [0, 0.05) is 13.0 Å². The van der Waals surface area contributed by atoms with Crippen molar-refractivity contribution in [3.05, 3.63) is 0 Å². The third kappa shape index (κ3) is 22.9. The number of rotatable bonds is 28. The second-order valence-electron chi connectivity index (χ2n) is 11.4. The van der Waals surface area contributed by atoms with E-state index in [1.165, 1.54) is 103 Å². The molecule has 0 saturated carbocycles. The molecule has 2 unspecified atom stereocenters. The quantitative estimate of drug-likeness (QED) is 0.0571. The highest BCUT2D eigenvalue weighted by atomic mass is 31.2. The summed E-state index contributed by atoms with van der Waals surface area (Å²) in [5.74, 6) is -0.351. The summed E-state index contributed by atoms with van der Waals surface area (Å²) in [4.78, 5) is 24.3. The van der Waals surface area contributed by atoms with Crippen molar-refractivity contribution in [3.8, 4) is 0 Å². The lowest BCUT2D eigenvalue weighted by Crippen LogP contribution is -2.28. The molecule has 1 N–H and O–H groups in total. The summed E-state index contributed by atoms with van der Waals surface area (Å²) in [6.07, 6.45) is 24.0. The summed E-state index contributed by atoms with van der Waals surface area (Å²) in [5, 5.41) is 0. The van der Waals surface area contributed by atoms with Gasteiger partial charge in [-0.1, -0.05) is 110 Å². The van der Waals surface area contributed by atoms with Crippen LogP contribution >= 0.6 is 7.60 Å². The number of carbonyl (C=O) groups is 1. The highest BCUT2D eigenvalue weighted by molar-refractivity contribution is 7.52. The highest BCUT2D eigenvalue weighted by Gasteiger charge is 2.24. The maximum absolute atomic E-state index is 12.4. The predicted octanol–water partition coefficient (Wildman–Crippen LogP) is 8.27. The van der Waals surface area contributed by atoms with Gasteiger partial charge >= 0.3 is 13.6 Å². The van der Waals surface area contributed by atoms with Crippen molar-refractivity contribution in [2.24, 2.45) is 0 Å². The van der Waals surface area contributed by atoms with Crippen LogP contribution in [0.4, 0.5) is 0 Å². The van der Waals surface area contributed by atoms with Gasteiger partial charge in [0.15, 0.2) is 0 Å². The lowest BCUT2D eigenvalue weighted by Gasteiger charge is -2.21. The Morgan fingerprint density at radius 2 is 1.28 bits per heavy atom. The predicted molar refractivity (Wildman–Crippen MR) is 161 cm³/mol. The van der Waals surface area contributed by atoms with E-state index in [1.54, 1.807) is 6.92 Å². The molecule has 1 rings (SSSR count). The zero-order valence-electron chi connectivity index (χ0n) is 25.6. The van der Waals surface area contributed by atoms with Crippen LogP contribution in [0.15, 0.2) is 0 Å². The Labute approximate surface area is 240 Å². The van der Waals surface area contributed by atoms with E-state index in [9.17, 15) is 14.3 Å². The van der Waals surface area contributed by atoms with E-state index in [0.29, 0.717) is 13.0 Å². The van der Waals surface area contributed by atoms with Crippen molar-refractivity contribution in [1.29, 1.82) is 0 Å². The molecule has 0 bridgehead atoms. The number of nitrogens with zero attached hydrogens (tertiary/aromatic N) is 1. The van der Waals surface area contributed by atoms with E-state index >= 15 is 0 Å². The number of esters is 1. The molecule has 0 aliphatic carbocycles. The average molecular weight is 576 g/mol. The van der Waals surface area contributed by atoms with Gasteiger partial charge in [-0.15, -0.1) is 0 Å². The molecule has 2 atom stereocenters. The van der Waals surface area contributed by atoms with E-state index in [2.05, 4.69) is 11.8 Å². The van der Waals surface area contributed by atoms with Crippen molar-refractivity contribution in [1.82, 2.24) is 4.90 Å². The fourth-order valence-corrected chi connectivity index (χ4v) is 6.19. The molecule has 39 heavy (non-hydrogen) atoms. The Kier molecular flexibility index (Phi) is 23.7. The molecule has 0 aromatic rings. The fourth-order valence-electron chi connectivity index (χ4n) is 5.12. The van der Waals surface area contributed by atoms with Gasteiger partial charge in [0.25, 0.3) is 0 Å². The van der Waals surface area contributed by atoms with E-state index in [-0.39, 0.29) is 31.8 Å². The maximum atomic E-state index is 12.4. The molecule has 1 saturated heterocycles. The highest BCUT2D eigenvalue weighted by Crippen LogP contribution is 2.42. The van der Waals surface area contributed by atoms with Crippen molar-refractivity contribution < 1.29 is 28.3 Å². The molecular formula is C31H62NO6P. The first-order valence-electron chi connectivity index (χ1n) is 16.4. The zero-order chi connectivity index (χ0) is 28.4. The molecule has 1 aliphatic rings. The fraction of sp³-hybridized carbons (Fsp3) is 0.968. The van der Waals surface area contributed by atoms with Gasteiger partial charge in [-0.2, -0.15) is 0 Å². The van der Waals surface area contributed by atoms with Crippen LogP contribution in [0.3, 0.4) is 0 Å². The Morgan fingerprint density at radius 1 is 0.769 bits per heavy atom. The SMILES string of the molecule is CCCCCCCCCCCCCCCCCCOCC(COP(=O)(O)CCCN1CCCC1)OC(=O)CC. The summed E-state index contributed by atoms with van der Waals surface area (Å²) >= 11 is 0. The van der Waals surface area contributed by atoms with Crippen molar-refractivity contribution >= 4 is 13.6 Å². The van der Waals surface area contributed by atoms with Crippen LogP contribution in [-0.4, -0.2) is 67.5 Å². The molecule has 0 aromatic heterocycles. The Bertz CT molecular complexity index is 614. The topological polar surface area (TPSA) is 85.3 Å². The number of unbranched alkanes of at least 4 members (excludes halogenated alkanes) is 15. The molecule has 232 valence electrons. The first kappa shape index (κ1) is 36.6. The van der Waals surface area contributed by atoms with Crippen molar-refractivity contribution in [2.75, 3.05) is 45.6 Å². The van der Waals surface area contributed by atoms with Gasteiger partial charge in [-0.25, -0.2) is 0 Å². The minimum absolute atomic E-state index is 0.109. The lowest BCUT2D eigenvalue weighted by atomic mass is 10.0. The summed E-state index contributed by atoms with van der Waals surface area (Å²) in [5.41, 5.74) is 0. The van der Waals surface area contributed by atoms with Gasteiger partial charge in [0.05, 0.1) is 19.4 Å². The van der Waals surface area contributed by atoms with Crippen LogP contribution in [0.5, 0.6) is 0 Å². The molecule has 0 spiro atoms. The number of hydrogen-bond acceptors (Lipinski definition) is 6. The number of carbonyl (C=O) groups excluding carboxylic acids is 1. The van der Waals surface area contributed by atoms with Gasteiger partial charge in [-0.05, 0) is 45.3 Å². The summed E-state index contributed by atoms with van der Waals surface area (Å²) in [7, 11) is -3.71. The van der Waals surface area contributed by atoms with Crippen LogP contribution in [-0.2, 0) is 23.4 Å². The van der Waals surface area contributed by atoms with Crippen LogP contribution in [0.1, 0.15) is 142 Å². The minimum Gasteiger partial charge on any atom is -0.457 e. The molecule has 1 aliphatic heterocycles. The molecule has 8 heteroatoms. The molecule has 0 aromatic carbocycles. The normalized spacial score (nSPS) is 16.4. The van der Waals surface area contributed by atoms with E-state index < -0.39 is 13.7 Å². The van der Waals surface area contributed by atoms with Crippen LogP contribution < -0.4 is 0 Å². The van der Waals surface area contributed by atoms with Crippen LogP contribution in [0.2, 0.25) is 0 Å². The monoisotopic (exact) mass is 575 g/mol. The molecular weight excluding hydrogens is 513 g/mol. The van der Waals surface area contributed by atoms with Crippen molar-refractivity contribution in [2.45, 2.75) is 148 Å². The largest absolute Gasteiger partial charge is 0.457 e. The standard InChI is InChI=1S/C31H62NO6P/c1-3-5-6-7-8-9-10-11-12-13-14-15-16-17-18-21-26-36-28-30(38-31(33)4-2)29-37-39(34,35)27-22-25-32-23-19-20-24-32/h30H,3-29H2,1-2H3,(H,34,35). The van der Waals surface area contributed by atoms with Gasteiger partial charge in [0.2, 0.25) is 0 Å². The number of ether oxygens (including phenoxy) is 2. The second kappa shape index (κ2) is 25.3. The minimum atomic E-state index is -3.71. The third-order valence-corrected chi connectivity index (χ3v) is 9.04. The Hall–Kier alpha value is -0.460. The summed E-state index contributed by atoms with van der Waals surface area (Å²) in [6.45, 7) is 7.66. The van der Waals surface area contributed by atoms with E-state index in [1.807, 2.05) is 0 Å². The Morgan fingerprint density at radius 3 is 1.79 bits per heavy atom. The zero-order valence-corrected chi connectivity index (χ0v) is 26.4. The number of likely N-dealkylation sites (tertiary alicyclic amines) is 1. The average Bonchev–Trinajstić information content (AvgIpc) is 3.44. The van der Waals surface area contributed by atoms with Crippen LogP contribution in [0.25, 0.3) is 0 Å². The van der Waals surface area contributed by atoms with Gasteiger partial charge < -0.3 is 23.8 Å². The molecule has 0 amide bonds. The van der Waals surface area contributed by atoms with Crippen LogP contribution in [0, 0.1) is 0 Å². The van der Waals surface area contributed by atoms with E-state index in [4.69, 9.17) is 14.0 Å². The van der Waals surface area contributed by atoms with Gasteiger partial charge in [-0.3, -0.25) is 9.36 Å². The second-order valence-corrected chi connectivity index (χ2v) is 13.4. The molecule has 0 radical (unpaired) electrons. The first-order chi connectivity index (χ1) is 19.0. The Balaban J connectivity index is 2.01. The summed E-state index contributed by atoms with van der Waals surface area (Å²) < 4.78 is 28.9. The molecule has 1 heterocycles. The first-order valence-corrected chi connectivity index (χ1v) is 18.2. The molecule has 1 fully saturated rings. The number of hydrogen-bond donors (Lipinski definition) is 1. The van der Waals surface area contributed by atoms with E-state index in [0.717, 1.165) is 32.5 Å². The lowest BCUT2D eigenvalue weighted by molar-refractivity contribution is -0.153. The van der Waals surface area contributed by atoms with Crippen molar-refractivity contribution in [3.63, 3.8) is 0 Å². The maximum Gasteiger partial charge on any atom is 0.328 e. The summed E-state index contributed by atoms with van der Waals surface area (Å²) in [6, 6.07) is 0. The van der Waals surface area contributed by atoms with Gasteiger partial charge in [0.1, 0.15) is 6.10 Å². The molecule has 7 nitrogen and oxygen atoms in total. The third-order valence-electron chi connectivity index (χ3n) is 7.61. The smallest absolute Gasteiger partial charge is 0.328 e.